The molecule has 1 aromatic heterocycles. The molecule has 1 N–H and O–H groups in total. The Morgan fingerprint density at radius 2 is 2.16 bits per heavy atom. The first-order chi connectivity index (χ1) is 9.04. The highest BCUT2D eigenvalue weighted by Gasteiger charge is 2.20. The molecular weight excluding hydrogens is 242 g/mol. The zero-order valence-electron chi connectivity index (χ0n) is 10.9. The number of hydrogen-bond acceptors (Lipinski definition) is 3. The van der Waals surface area contributed by atoms with E-state index in [9.17, 15) is 9.90 Å². The highest BCUT2D eigenvalue weighted by Crippen LogP contribution is 2.24. The van der Waals surface area contributed by atoms with E-state index in [1.54, 1.807) is 10.8 Å². The van der Waals surface area contributed by atoms with Crippen LogP contribution < -0.4 is 0 Å². The van der Waals surface area contributed by atoms with Gasteiger partial charge in [-0.2, -0.15) is 0 Å². The van der Waals surface area contributed by atoms with Crippen LogP contribution in [0, 0.1) is 13.8 Å². The monoisotopic (exact) mass is 257 g/mol. The van der Waals surface area contributed by atoms with E-state index in [4.69, 9.17) is 0 Å². The van der Waals surface area contributed by atoms with E-state index in [0.29, 0.717) is 12.2 Å². The Kier molecular flexibility index (Phi) is 3.46. The molecule has 0 spiro atoms. The maximum atomic E-state index is 11.2. The molecule has 0 amide bonds. The summed E-state index contributed by atoms with van der Waals surface area (Å²) in [6.45, 7) is 8.06. The summed E-state index contributed by atoms with van der Waals surface area (Å²) in [7, 11) is 0. The first-order valence-corrected chi connectivity index (χ1v) is 5.90. The first kappa shape index (κ1) is 13.0. The molecule has 2 rings (SSSR count). The highest BCUT2D eigenvalue weighted by atomic mass is 16.4. The van der Waals surface area contributed by atoms with E-state index in [1.807, 2.05) is 32.0 Å². The van der Waals surface area contributed by atoms with Gasteiger partial charge in [0.2, 0.25) is 0 Å². The number of aromatic nitrogens is 3. The molecule has 1 heterocycles. The molecule has 1 aromatic carbocycles. The Balaban J connectivity index is 2.63. The normalized spacial score (nSPS) is 10.4. The molecule has 0 atom stereocenters. The predicted molar refractivity (Wildman–Crippen MR) is 72.1 cm³/mol. The van der Waals surface area contributed by atoms with Crippen molar-refractivity contribution in [2.45, 2.75) is 20.4 Å². The minimum Gasteiger partial charge on any atom is -0.476 e. The molecule has 19 heavy (non-hydrogen) atoms. The van der Waals surface area contributed by atoms with Crippen molar-refractivity contribution in [3.63, 3.8) is 0 Å². The first-order valence-electron chi connectivity index (χ1n) is 5.90. The van der Waals surface area contributed by atoms with Gasteiger partial charge in [-0.3, -0.25) is 0 Å². The van der Waals surface area contributed by atoms with Gasteiger partial charge in [0.25, 0.3) is 0 Å². The van der Waals surface area contributed by atoms with E-state index in [1.165, 1.54) is 0 Å². The minimum atomic E-state index is -1.08. The SMILES string of the molecule is C=CCn1nnc(C(=O)O)c1-c1ccc(C)c(C)c1. The zero-order valence-corrected chi connectivity index (χ0v) is 10.9. The number of hydrogen-bond donors (Lipinski definition) is 1. The fourth-order valence-corrected chi connectivity index (χ4v) is 1.88. The average Bonchev–Trinajstić information content (AvgIpc) is 2.77. The summed E-state index contributed by atoms with van der Waals surface area (Å²) < 4.78 is 1.54. The molecular formula is C14H15N3O2. The summed E-state index contributed by atoms with van der Waals surface area (Å²) in [5.41, 5.74) is 3.52. The second-order valence-corrected chi connectivity index (χ2v) is 4.36. The summed E-state index contributed by atoms with van der Waals surface area (Å²) in [5.74, 6) is -1.08. The molecule has 98 valence electrons. The van der Waals surface area contributed by atoms with Gasteiger partial charge in [-0.1, -0.05) is 23.4 Å². The van der Waals surface area contributed by atoms with Crippen LogP contribution in [0.15, 0.2) is 30.9 Å². The quantitative estimate of drug-likeness (QED) is 0.854. The van der Waals surface area contributed by atoms with Crippen LogP contribution in [0.1, 0.15) is 21.6 Å². The van der Waals surface area contributed by atoms with Crippen molar-refractivity contribution < 1.29 is 9.90 Å². The molecule has 5 heteroatoms. The Morgan fingerprint density at radius 1 is 1.42 bits per heavy atom. The van der Waals surface area contributed by atoms with Gasteiger partial charge < -0.3 is 5.11 Å². The number of aryl methyl sites for hydroxylation is 2. The Labute approximate surface area is 111 Å². The van der Waals surface area contributed by atoms with Crippen molar-refractivity contribution in [1.82, 2.24) is 15.0 Å². The number of carboxylic acids is 1. The molecule has 0 unspecified atom stereocenters. The maximum absolute atomic E-state index is 11.2. The lowest BCUT2D eigenvalue weighted by molar-refractivity contribution is 0.0691. The lowest BCUT2D eigenvalue weighted by atomic mass is 10.0. The van der Waals surface area contributed by atoms with Crippen molar-refractivity contribution in [1.29, 1.82) is 0 Å². The van der Waals surface area contributed by atoms with Gasteiger partial charge in [0.05, 0.1) is 6.54 Å². The second kappa shape index (κ2) is 5.06. The molecule has 0 bridgehead atoms. The Hall–Kier alpha value is -2.43. The number of benzene rings is 1. The third-order valence-electron chi connectivity index (χ3n) is 3.02. The summed E-state index contributed by atoms with van der Waals surface area (Å²) in [5, 5.41) is 16.8. The lowest BCUT2D eigenvalue weighted by Crippen LogP contribution is -2.04. The van der Waals surface area contributed by atoms with Crippen LogP contribution in [0.3, 0.4) is 0 Å². The standard InChI is InChI=1S/C14H15N3O2/c1-4-7-17-13(12(14(18)19)15-16-17)11-6-5-9(2)10(3)8-11/h4-6,8H,1,7H2,2-3H3,(H,18,19). The second-order valence-electron chi connectivity index (χ2n) is 4.36. The fourth-order valence-electron chi connectivity index (χ4n) is 1.88. The molecule has 0 saturated carbocycles. The van der Waals surface area contributed by atoms with E-state index in [2.05, 4.69) is 16.9 Å². The molecule has 0 aliphatic heterocycles. The topological polar surface area (TPSA) is 68.0 Å². The largest absolute Gasteiger partial charge is 0.476 e. The maximum Gasteiger partial charge on any atom is 0.358 e. The minimum absolute atomic E-state index is 0.0369. The van der Waals surface area contributed by atoms with Crippen molar-refractivity contribution >= 4 is 5.97 Å². The molecule has 0 aliphatic rings. The number of allylic oxidation sites excluding steroid dienone is 1. The van der Waals surface area contributed by atoms with E-state index in [-0.39, 0.29) is 5.69 Å². The number of aromatic carboxylic acids is 1. The number of carbonyl (C=O) groups is 1. The number of nitrogens with zero attached hydrogens (tertiary/aromatic N) is 3. The van der Waals surface area contributed by atoms with E-state index >= 15 is 0 Å². The number of carboxylic acid groups (broad SMARTS) is 1. The van der Waals surface area contributed by atoms with Gasteiger partial charge >= 0.3 is 5.97 Å². The van der Waals surface area contributed by atoms with Crippen molar-refractivity contribution in [3.8, 4) is 11.3 Å². The predicted octanol–water partition coefficient (Wildman–Crippen LogP) is 2.45. The van der Waals surface area contributed by atoms with Crippen LogP contribution in [0.2, 0.25) is 0 Å². The van der Waals surface area contributed by atoms with Gasteiger partial charge in [-0.15, -0.1) is 11.7 Å². The summed E-state index contributed by atoms with van der Waals surface area (Å²) >= 11 is 0. The number of rotatable bonds is 4. The van der Waals surface area contributed by atoms with Gasteiger partial charge in [-0.05, 0) is 31.0 Å². The molecule has 2 aromatic rings. The lowest BCUT2D eigenvalue weighted by Gasteiger charge is -2.07. The van der Waals surface area contributed by atoms with Crippen LogP contribution in [-0.4, -0.2) is 26.1 Å². The van der Waals surface area contributed by atoms with Gasteiger partial charge in [-0.25, -0.2) is 9.48 Å². The van der Waals surface area contributed by atoms with Crippen molar-refractivity contribution in [2.24, 2.45) is 0 Å². The Bertz CT molecular complexity index is 644. The van der Waals surface area contributed by atoms with Crippen LogP contribution in [0.25, 0.3) is 11.3 Å². The molecule has 0 aliphatic carbocycles. The summed E-state index contributed by atoms with van der Waals surface area (Å²) in [6, 6.07) is 5.79. The molecule has 5 nitrogen and oxygen atoms in total. The summed E-state index contributed by atoms with van der Waals surface area (Å²) in [6.07, 6.45) is 1.66. The van der Waals surface area contributed by atoms with Crippen molar-refractivity contribution in [2.75, 3.05) is 0 Å². The smallest absolute Gasteiger partial charge is 0.358 e. The van der Waals surface area contributed by atoms with Gasteiger partial charge in [0, 0.05) is 5.56 Å². The van der Waals surface area contributed by atoms with Gasteiger partial charge in [0.1, 0.15) is 5.69 Å². The van der Waals surface area contributed by atoms with Crippen molar-refractivity contribution in [3.05, 3.63) is 47.7 Å². The highest BCUT2D eigenvalue weighted by molar-refractivity contribution is 5.92. The molecule has 0 fully saturated rings. The van der Waals surface area contributed by atoms with Crippen LogP contribution in [0.4, 0.5) is 0 Å². The molecule has 0 saturated heterocycles. The third-order valence-corrected chi connectivity index (χ3v) is 3.02. The van der Waals surface area contributed by atoms with E-state index < -0.39 is 5.97 Å². The zero-order chi connectivity index (χ0) is 14.0. The average molecular weight is 257 g/mol. The fraction of sp³-hybridized carbons (Fsp3) is 0.214. The van der Waals surface area contributed by atoms with Gasteiger partial charge in [0.15, 0.2) is 5.69 Å². The third kappa shape index (κ3) is 2.40. The molecule has 0 radical (unpaired) electrons. The van der Waals surface area contributed by atoms with E-state index in [0.717, 1.165) is 16.7 Å². The van der Waals surface area contributed by atoms with Crippen LogP contribution in [-0.2, 0) is 6.54 Å². The Morgan fingerprint density at radius 3 is 2.74 bits per heavy atom. The van der Waals surface area contributed by atoms with Crippen LogP contribution >= 0.6 is 0 Å². The van der Waals surface area contributed by atoms with Crippen LogP contribution in [0.5, 0.6) is 0 Å². The summed E-state index contributed by atoms with van der Waals surface area (Å²) in [4.78, 5) is 11.2.